The van der Waals surface area contributed by atoms with Crippen LogP contribution in [0.2, 0.25) is 5.02 Å². The third-order valence-electron chi connectivity index (χ3n) is 6.55. The van der Waals surface area contributed by atoms with Gasteiger partial charge in [0.15, 0.2) is 5.69 Å². The molecule has 0 bridgehead atoms. The molecule has 0 spiro atoms. The van der Waals surface area contributed by atoms with Crippen LogP contribution < -0.4 is 16.1 Å². The second kappa shape index (κ2) is 21.6. The van der Waals surface area contributed by atoms with Gasteiger partial charge in [-0.05, 0) is 73.1 Å². The fourth-order valence-corrected chi connectivity index (χ4v) is 5.69. The van der Waals surface area contributed by atoms with Crippen molar-refractivity contribution in [3.05, 3.63) is 98.1 Å². The van der Waals surface area contributed by atoms with Gasteiger partial charge in [0.2, 0.25) is 0 Å². The summed E-state index contributed by atoms with van der Waals surface area (Å²) in [6.07, 6.45) is -4.35. The number of halogens is 8. The highest BCUT2D eigenvalue weighted by Gasteiger charge is 2.39. The van der Waals surface area contributed by atoms with Crippen molar-refractivity contribution >= 4 is 70.5 Å². The molecule has 0 radical (unpaired) electrons. The minimum atomic E-state index is -4.69. The largest absolute Gasteiger partial charge is 0.480 e. The maximum absolute atomic E-state index is 14.3. The van der Waals surface area contributed by atoms with Gasteiger partial charge in [0.05, 0.1) is 45.3 Å². The zero-order valence-corrected chi connectivity index (χ0v) is 33.8. The van der Waals surface area contributed by atoms with E-state index in [9.17, 15) is 50.1 Å². The van der Waals surface area contributed by atoms with E-state index in [1.165, 1.54) is 25.3 Å². The molecule has 4 rings (SSSR count). The Balaban J connectivity index is 0.000000333. The lowest BCUT2D eigenvalue weighted by Gasteiger charge is -2.11. The number of ether oxygens (including phenoxy) is 1. The normalized spacial score (nSPS) is 11.5. The molecule has 0 unspecified atom stereocenters. The Hall–Kier alpha value is -5.39. The van der Waals surface area contributed by atoms with Crippen LogP contribution in [0.15, 0.2) is 58.2 Å². The van der Waals surface area contributed by atoms with E-state index in [-0.39, 0.29) is 44.5 Å². The van der Waals surface area contributed by atoms with E-state index in [1.807, 2.05) is 0 Å². The predicted octanol–water partition coefficient (Wildman–Crippen LogP) is 6.63. The molecule has 0 saturated heterocycles. The average molecular weight is 947 g/mol. The van der Waals surface area contributed by atoms with Crippen LogP contribution in [0.4, 0.5) is 36.8 Å². The van der Waals surface area contributed by atoms with Crippen molar-refractivity contribution in [2.45, 2.75) is 33.1 Å². The van der Waals surface area contributed by atoms with Crippen molar-refractivity contribution in [1.82, 2.24) is 25.5 Å². The summed E-state index contributed by atoms with van der Waals surface area (Å²) in [5.41, 5.74) is 0.296. The number of amides is 2. The molecule has 59 heavy (non-hydrogen) atoms. The number of aromatic carboxylic acids is 1. The van der Waals surface area contributed by atoms with Crippen molar-refractivity contribution in [2.75, 3.05) is 18.1 Å². The highest BCUT2D eigenvalue weighted by atomic mass is 79.9. The average Bonchev–Trinajstić information content (AvgIpc) is 3.39. The van der Waals surface area contributed by atoms with Crippen molar-refractivity contribution in [3.8, 4) is 11.3 Å². The molecule has 26 heteroatoms. The third kappa shape index (κ3) is 16.1. The molecule has 0 aliphatic heterocycles. The second-order valence-electron chi connectivity index (χ2n) is 11.7. The standard InChI is InChI=1S/C15H12BrClF4N2O2.C15H12F2N4O3.C3H8NO5P/c1-6(2)25-14(24)7-4-8(10(18)5-9(7)17)12-11(16)13(15(19,20)21)23(3)22-12;1-8(13-12(14(22)23)3-2-4-18-13)20-21-15(24)19-11-6-9(16)5-10(17)7-11;5-3(6)1-4-2-10(7,8)9/h4-6H,1-3H3;2-7H,1H3,(H,22,23)(H2,19,21,24);4H,1-2H2,(H,5,6)(H2,7,8,9)/b;20-8+;. The number of anilines is 1. The first-order chi connectivity index (χ1) is 27.2. The summed E-state index contributed by atoms with van der Waals surface area (Å²) in [7, 11) is -3.01. The van der Waals surface area contributed by atoms with Crippen LogP contribution in [0.25, 0.3) is 11.3 Å². The van der Waals surface area contributed by atoms with Gasteiger partial charge in [0.1, 0.15) is 28.8 Å². The summed E-state index contributed by atoms with van der Waals surface area (Å²) in [4.78, 5) is 64.9. The number of carbonyl (C=O) groups is 4. The topological polar surface area (TPSA) is 255 Å². The number of nitrogens with zero attached hydrogens (tertiary/aromatic N) is 4. The number of benzene rings is 2. The molecule has 2 aromatic carbocycles. The minimum Gasteiger partial charge on any atom is -0.480 e. The van der Waals surface area contributed by atoms with E-state index in [4.69, 9.17) is 36.3 Å². The van der Waals surface area contributed by atoms with E-state index in [0.717, 1.165) is 31.3 Å². The number of carboxylic acid groups (broad SMARTS) is 2. The fraction of sp³-hybridized carbons (Fsp3) is 0.242. The zero-order valence-electron chi connectivity index (χ0n) is 30.6. The molecule has 4 aromatic rings. The van der Waals surface area contributed by atoms with Crippen LogP contribution in [-0.2, 0) is 27.3 Å². The molecule has 0 saturated carbocycles. The van der Waals surface area contributed by atoms with Gasteiger partial charge in [-0.1, -0.05) is 11.6 Å². The number of nitrogens with one attached hydrogen (secondary N) is 3. The molecule has 7 N–H and O–H groups in total. The molecule has 2 amide bonds. The molecule has 17 nitrogen and oxygen atoms in total. The molecule has 2 aromatic heterocycles. The van der Waals surface area contributed by atoms with E-state index in [0.29, 0.717) is 10.7 Å². The first-order valence-corrected chi connectivity index (χ1v) is 18.9. The summed E-state index contributed by atoms with van der Waals surface area (Å²) in [5, 5.41) is 28.5. The second-order valence-corrected chi connectivity index (χ2v) is 14.5. The summed E-state index contributed by atoms with van der Waals surface area (Å²) >= 11 is 8.67. The van der Waals surface area contributed by atoms with Crippen LogP contribution in [0.3, 0.4) is 0 Å². The number of hydrogen-bond acceptors (Lipinski definition) is 10. The molecule has 320 valence electrons. The maximum Gasteiger partial charge on any atom is 0.434 e. The Labute approximate surface area is 342 Å². The number of esters is 1. The lowest BCUT2D eigenvalue weighted by molar-refractivity contribution is -0.144. The Kier molecular flexibility index (Phi) is 18.2. The number of alkyl halides is 3. The first-order valence-electron chi connectivity index (χ1n) is 15.9. The molecular weight excluding hydrogens is 915 g/mol. The number of pyridine rings is 1. The summed E-state index contributed by atoms with van der Waals surface area (Å²) in [5.74, 6) is -5.75. The van der Waals surface area contributed by atoms with E-state index in [2.05, 4.69) is 47.2 Å². The molecule has 0 fully saturated rings. The van der Waals surface area contributed by atoms with Crippen LogP contribution >= 0.6 is 35.1 Å². The summed E-state index contributed by atoms with van der Waals surface area (Å²) in [6, 6.07) is 6.34. The van der Waals surface area contributed by atoms with E-state index < -0.39 is 84.3 Å². The van der Waals surface area contributed by atoms with Crippen LogP contribution in [0.1, 0.15) is 52.9 Å². The monoisotopic (exact) mass is 945 g/mol. The molecular formula is C33H32BrClF6N7O10P. The highest BCUT2D eigenvalue weighted by Crippen LogP contribution is 2.41. The lowest BCUT2D eigenvalue weighted by Crippen LogP contribution is -2.26. The summed E-state index contributed by atoms with van der Waals surface area (Å²) < 4.78 is 94.8. The van der Waals surface area contributed by atoms with Crippen molar-refractivity contribution < 1.29 is 74.8 Å². The third-order valence-corrected chi connectivity index (χ3v) is 8.25. The van der Waals surface area contributed by atoms with Crippen molar-refractivity contribution in [3.63, 3.8) is 0 Å². The SMILES string of the molecule is C/C(=N\NC(=O)Nc1cc(F)cc(F)c1)c1ncccc1C(=O)O.CC(C)OC(=O)c1cc(-c2nn(C)c(C(F)(F)F)c2Br)c(F)cc1Cl.O=C(O)CNCP(=O)(O)O. The van der Waals surface area contributed by atoms with Gasteiger partial charge in [0.25, 0.3) is 0 Å². The number of aromatic nitrogens is 3. The number of carbonyl (C=O) groups excluding carboxylic acids is 2. The number of hydrogen-bond donors (Lipinski definition) is 7. The van der Waals surface area contributed by atoms with Crippen molar-refractivity contribution in [1.29, 1.82) is 0 Å². The Bertz CT molecular complexity index is 2250. The maximum atomic E-state index is 14.3. The number of carboxylic acids is 2. The number of aryl methyl sites for hydroxylation is 1. The molecule has 2 heterocycles. The lowest BCUT2D eigenvalue weighted by atomic mass is 10.1. The van der Waals surface area contributed by atoms with Gasteiger partial charge >= 0.3 is 37.7 Å². The van der Waals surface area contributed by atoms with Crippen LogP contribution in [0, 0.1) is 17.5 Å². The highest BCUT2D eigenvalue weighted by molar-refractivity contribution is 9.10. The number of rotatable bonds is 11. The molecule has 0 aliphatic rings. The van der Waals surface area contributed by atoms with Gasteiger partial charge in [-0.15, -0.1) is 0 Å². The smallest absolute Gasteiger partial charge is 0.434 e. The van der Waals surface area contributed by atoms with Gasteiger partial charge in [0, 0.05) is 30.6 Å². The van der Waals surface area contributed by atoms with Crippen LogP contribution in [0.5, 0.6) is 0 Å². The van der Waals surface area contributed by atoms with E-state index >= 15 is 0 Å². The molecule has 0 atom stereocenters. The minimum absolute atomic E-state index is 0.0758. The van der Waals surface area contributed by atoms with E-state index in [1.54, 1.807) is 13.8 Å². The summed E-state index contributed by atoms with van der Waals surface area (Å²) in [6.45, 7) is 4.24. The molecule has 0 aliphatic carbocycles. The van der Waals surface area contributed by atoms with Crippen LogP contribution in [-0.4, -0.2) is 83.3 Å². The predicted molar refractivity (Wildman–Crippen MR) is 201 cm³/mol. The Morgan fingerprint density at radius 2 is 1.64 bits per heavy atom. The van der Waals surface area contributed by atoms with Gasteiger partial charge in [-0.25, -0.2) is 33.0 Å². The van der Waals surface area contributed by atoms with Gasteiger partial charge in [-0.2, -0.15) is 23.4 Å². The zero-order chi connectivity index (χ0) is 45.0. The first kappa shape index (κ1) is 49.8. The fourth-order valence-electron chi connectivity index (χ4n) is 4.29. The quantitative estimate of drug-likeness (QED) is 0.0275. The Morgan fingerprint density at radius 3 is 2.15 bits per heavy atom. The number of urea groups is 1. The van der Waals surface area contributed by atoms with Gasteiger partial charge in [-0.3, -0.25) is 24.3 Å². The number of hydrazone groups is 1. The Morgan fingerprint density at radius 1 is 1.03 bits per heavy atom. The number of aliphatic carboxylic acids is 1. The van der Waals surface area contributed by atoms with Gasteiger partial charge < -0.3 is 30.1 Å². The van der Waals surface area contributed by atoms with Crippen molar-refractivity contribution in [2.24, 2.45) is 12.1 Å².